The van der Waals surface area contributed by atoms with Gasteiger partial charge in [0.25, 0.3) is 11.8 Å². The maximum absolute atomic E-state index is 13.9. The van der Waals surface area contributed by atoms with Crippen LogP contribution in [0.5, 0.6) is 0 Å². The Hall–Kier alpha value is -3.02. The molecule has 10 nitrogen and oxygen atoms in total. The van der Waals surface area contributed by atoms with E-state index in [9.17, 15) is 14.4 Å². The number of amides is 3. The topological polar surface area (TPSA) is 144 Å². The number of aryl methyl sites for hydroxylation is 1. The molecule has 5 N–H and O–H groups in total. The Morgan fingerprint density at radius 3 is 2.39 bits per heavy atom. The van der Waals surface area contributed by atoms with E-state index in [-0.39, 0.29) is 22.2 Å². The molecule has 2 heterocycles. The first-order valence-corrected chi connectivity index (χ1v) is 12.8. The molecule has 0 saturated carbocycles. The molecule has 0 aliphatic carbocycles. The van der Waals surface area contributed by atoms with Crippen molar-refractivity contribution >= 4 is 34.9 Å². The van der Waals surface area contributed by atoms with Crippen LogP contribution in [-0.4, -0.2) is 76.8 Å². The number of hydrogen-bond acceptors (Lipinski definition) is 8. The van der Waals surface area contributed by atoms with E-state index >= 15 is 0 Å². The SMILES string of the molecule is Cc1ccc([C@@H](C(=O)NC(C)(C)C)N(CCCN2CCOCC2)C(=O)c2snc(C(N)=O)c2N)cc1. The monoisotopic (exact) mass is 516 g/mol. The third-order valence-corrected chi connectivity index (χ3v) is 6.70. The van der Waals surface area contributed by atoms with Gasteiger partial charge in [0.1, 0.15) is 10.9 Å². The van der Waals surface area contributed by atoms with Gasteiger partial charge in [-0.15, -0.1) is 0 Å². The van der Waals surface area contributed by atoms with Gasteiger partial charge in [-0.3, -0.25) is 19.3 Å². The van der Waals surface area contributed by atoms with Crippen LogP contribution in [0.1, 0.15) is 64.5 Å². The molecule has 0 unspecified atom stereocenters. The molecule has 196 valence electrons. The molecule has 1 aliphatic heterocycles. The summed E-state index contributed by atoms with van der Waals surface area (Å²) in [4.78, 5) is 43.1. The summed E-state index contributed by atoms with van der Waals surface area (Å²) in [7, 11) is 0. The van der Waals surface area contributed by atoms with Gasteiger partial charge >= 0.3 is 0 Å². The van der Waals surface area contributed by atoms with E-state index in [0.29, 0.717) is 31.7 Å². The highest BCUT2D eigenvalue weighted by molar-refractivity contribution is 7.09. The summed E-state index contributed by atoms with van der Waals surface area (Å²) in [5.74, 6) is -1.57. The number of rotatable bonds is 9. The number of nitrogens with one attached hydrogen (secondary N) is 1. The lowest BCUT2D eigenvalue weighted by atomic mass is 10.00. The lowest BCUT2D eigenvalue weighted by molar-refractivity contribution is -0.127. The fourth-order valence-corrected chi connectivity index (χ4v) is 4.82. The van der Waals surface area contributed by atoms with Crippen molar-refractivity contribution in [2.75, 3.05) is 45.1 Å². The van der Waals surface area contributed by atoms with Crippen molar-refractivity contribution in [3.05, 3.63) is 46.0 Å². The van der Waals surface area contributed by atoms with Crippen molar-refractivity contribution in [1.29, 1.82) is 0 Å². The van der Waals surface area contributed by atoms with Crippen LogP contribution in [0.4, 0.5) is 5.69 Å². The third-order valence-electron chi connectivity index (χ3n) is 5.84. The Kier molecular flexibility index (Phi) is 9.04. The Morgan fingerprint density at radius 2 is 1.83 bits per heavy atom. The summed E-state index contributed by atoms with van der Waals surface area (Å²) in [5.41, 5.74) is 12.5. The number of carbonyl (C=O) groups is 3. The van der Waals surface area contributed by atoms with E-state index < -0.39 is 23.4 Å². The molecule has 1 saturated heterocycles. The zero-order valence-corrected chi connectivity index (χ0v) is 22.2. The molecule has 1 fully saturated rings. The zero-order valence-electron chi connectivity index (χ0n) is 21.4. The first kappa shape index (κ1) is 27.6. The number of nitrogens with zero attached hydrogens (tertiary/aromatic N) is 3. The van der Waals surface area contributed by atoms with Crippen LogP contribution in [0.25, 0.3) is 0 Å². The lowest BCUT2D eigenvalue weighted by Crippen LogP contribution is -2.50. The van der Waals surface area contributed by atoms with Gasteiger partial charge in [0.15, 0.2) is 5.69 Å². The number of ether oxygens (including phenoxy) is 1. The molecule has 0 bridgehead atoms. The third kappa shape index (κ3) is 7.02. The molecular weight excluding hydrogens is 480 g/mol. The lowest BCUT2D eigenvalue weighted by Gasteiger charge is -2.34. The summed E-state index contributed by atoms with van der Waals surface area (Å²) < 4.78 is 9.42. The molecule has 36 heavy (non-hydrogen) atoms. The van der Waals surface area contributed by atoms with Crippen molar-refractivity contribution in [3.63, 3.8) is 0 Å². The average molecular weight is 517 g/mol. The van der Waals surface area contributed by atoms with Crippen LogP contribution >= 0.6 is 11.5 Å². The van der Waals surface area contributed by atoms with E-state index in [1.54, 1.807) is 0 Å². The number of primary amides is 1. The van der Waals surface area contributed by atoms with Crippen LogP contribution < -0.4 is 16.8 Å². The number of nitrogens with two attached hydrogens (primary N) is 2. The highest BCUT2D eigenvalue weighted by atomic mass is 32.1. The summed E-state index contributed by atoms with van der Waals surface area (Å²) in [6.07, 6.45) is 0.637. The van der Waals surface area contributed by atoms with Crippen molar-refractivity contribution in [2.24, 2.45) is 5.73 Å². The standard InChI is InChI=1S/C25H36N6O4S/c1-16-6-8-17(9-7-16)20(23(33)28-25(2,3)4)31(11-5-10-30-12-14-35-15-13-30)24(34)21-18(26)19(22(27)32)29-36-21/h6-9,20H,5,10-15,26H2,1-4H3,(H2,27,32)(H,28,33)/t20-/m0/s1. The average Bonchev–Trinajstić information content (AvgIpc) is 3.20. The molecule has 1 aliphatic rings. The number of carbonyl (C=O) groups excluding carboxylic acids is 3. The minimum atomic E-state index is -0.902. The first-order valence-electron chi connectivity index (χ1n) is 12.0. The van der Waals surface area contributed by atoms with Crippen molar-refractivity contribution in [2.45, 2.75) is 45.7 Å². The fraction of sp³-hybridized carbons (Fsp3) is 0.520. The van der Waals surface area contributed by atoms with E-state index in [0.717, 1.165) is 36.7 Å². The Bertz CT molecular complexity index is 1070. The smallest absolute Gasteiger partial charge is 0.270 e. The number of benzene rings is 1. The van der Waals surface area contributed by atoms with E-state index in [1.807, 2.05) is 52.0 Å². The second-order valence-electron chi connectivity index (χ2n) is 10.00. The highest BCUT2D eigenvalue weighted by Crippen LogP contribution is 2.29. The maximum Gasteiger partial charge on any atom is 0.270 e. The van der Waals surface area contributed by atoms with Crippen molar-refractivity contribution in [3.8, 4) is 0 Å². The minimum absolute atomic E-state index is 0.0606. The van der Waals surface area contributed by atoms with Crippen LogP contribution in [-0.2, 0) is 9.53 Å². The Balaban J connectivity index is 1.98. The van der Waals surface area contributed by atoms with Gasteiger partial charge in [-0.2, -0.15) is 4.37 Å². The molecule has 0 spiro atoms. The normalized spacial score (nSPS) is 15.3. The summed E-state index contributed by atoms with van der Waals surface area (Å²) in [5, 5.41) is 3.02. The Labute approximate surface area is 216 Å². The number of anilines is 1. The van der Waals surface area contributed by atoms with Gasteiger partial charge in [0.05, 0.1) is 18.9 Å². The number of nitrogen functional groups attached to an aromatic ring is 1. The quantitative estimate of drug-likeness (QED) is 0.462. The molecule has 1 atom stereocenters. The van der Waals surface area contributed by atoms with Crippen molar-refractivity contribution < 1.29 is 19.1 Å². The molecule has 2 aromatic rings. The molecule has 3 amide bonds. The summed E-state index contributed by atoms with van der Waals surface area (Å²) in [6.45, 7) is 11.7. The van der Waals surface area contributed by atoms with E-state index in [1.165, 1.54) is 4.90 Å². The molecule has 1 aromatic heterocycles. The van der Waals surface area contributed by atoms with Crippen molar-refractivity contribution in [1.82, 2.24) is 19.5 Å². The predicted molar refractivity (Wildman–Crippen MR) is 140 cm³/mol. The molecule has 3 rings (SSSR count). The Morgan fingerprint density at radius 1 is 1.19 bits per heavy atom. The first-order chi connectivity index (χ1) is 17.0. The highest BCUT2D eigenvalue weighted by Gasteiger charge is 2.35. The van der Waals surface area contributed by atoms with E-state index in [2.05, 4.69) is 14.6 Å². The minimum Gasteiger partial charge on any atom is -0.395 e. The van der Waals surface area contributed by atoms with Crippen LogP contribution in [0.2, 0.25) is 0 Å². The molecule has 0 radical (unpaired) electrons. The molecular formula is C25H36N6O4S. The van der Waals surface area contributed by atoms with Crippen LogP contribution in [0.15, 0.2) is 24.3 Å². The van der Waals surface area contributed by atoms with E-state index in [4.69, 9.17) is 16.2 Å². The second kappa shape index (κ2) is 11.8. The largest absolute Gasteiger partial charge is 0.395 e. The summed E-state index contributed by atoms with van der Waals surface area (Å²) >= 11 is 0.817. The number of aromatic nitrogens is 1. The zero-order chi connectivity index (χ0) is 26.5. The van der Waals surface area contributed by atoms with Gasteiger partial charge in [-0.25, -0.2) is 0 Å². The second-order valence-corrected chi connectivity index (χ2v) is 10.8. The number of hydrogen-bond donors (Lipinski definition) is 3. The molecule has 1 aromatic carbocycles. The van der Waals surface area contributed by atoms with Gasteiger partial charge < -0.3 is 26.4 Å². The fourth-order valence-electron chi connectivity index (χ4n) is 4.06. The predicted octanol–water partition coefficient (Wildman–Crippen LogP) is 1.95. The van der Waals surface area contributed by atoms with Crippen LogP contribution in [0, 0.1) is 6.92 Å². The molecule has 11 heteroatoms. The van der Waals surface area contributed by atoms with Gasteiger partial charge in [-0.05, 0) is 51.2 Å². The number of morpholine rings is 1. The van der Waals surface area contributed by atoms with Crippen LogP contribution in [0.3, 0.4) is 0 Å². The maximum atomic E-state index is 13.9. The summed E-state index contributed by atoms with van der Waals surface area (Å²) in [6, 6.07) is 6.63. The van der Waals surface area contributed by atoms with Gasteiger partial charge in [-0.1, -0.05) is 29.8 Å². The van der Waals surface area contributed by atoms with Gasteiger partial charge in [0.2, 0.25) is 5.91 Å². The van der Waals surface area contributed by atoms with Gasteiger partial charge in [0, 0.05) is 31.7 Å².